The second kappa shape index (κ2) is 6.83. The number of imidazole rings is 1. The minimum Gasteiger partial charge on any atom is -0.378 e. The number of fused-ring (bicyclic) bond motifs is 1. The smallest absolute Gasteiger partial charge is 0.378 e. The van der Waals surface area contributed by atoms with Crippen LogP contribution in [0.5, 0.6) is 0 Å². The second-order valence-corrected chi connectivity index (χ2v) is 6.92. The molecule has 12 nitrogen and oxygen atoms in total. The van der Waals surface area contributed by atoms with Crippen molar-refractivity contribution in [3.05, 3.63) is 16.7 Å². The van der Waals surface area contributed by atoms with E-state index in [2.05, 4.69) is 19.5 Å². The Hall–Kier alpha value is -1.82. The fraction of sp³-hybridized carbons (Fsp3) is 0.583. The quantitative estimate of drug-likeness (QED) is 0.574. The van der Waals surface area contributed by atoms with Crippen LogP contribution in [0.25, 0.3) is 11.2 Å². The molecule has 0 amide bonds. The van der Waals surface area contributed by atoms with E-state index in [-0.39, 0.29) is 23.7 Å². The Kier molecular flexibility index (Phi) is 4.91. The first-order valence-corrected chi connectivity index (χ1v) is 8.78. The number of anilines is 1. The number of hydrogen-bond acceptors (Lipinski definition) is 9. The number of ether oxygens (including phenoxy) is 2. The summed E-state index contributed by atoms with van der Waals surface area (Å²) in [7, 11) is -1.57. The van der Waals surface area contributed by atoms with Gasteiger partial charge in [-0.15, -0.1) is 0 Å². The fourth-order valence-electron chi connectivity index (χ4n) is 2.64. The van der Waals surface area contributed by atoms with Crippen molar-refractivity contribution in [3.8, 4) is 0 Å². The monoisotopic (exact) mass is 375 g/mol. The predicted molar refractivity (Wildman–Crippen MR) is 84.7 cm³/mol. The summed E-state index contributed by atoms with van der Waals surface area (Å²) in [4.78, 5) is 31.7. The Morgan fingerprint density at radius 2 is 2.32 bits per heavy atom. The number of hydrogen-bond donors (Lipinski definition) is 3. The molecule has 1 unspecified atom stereocenters. The minimum atomic E-state index is -4.12. The molecule has 0 radical (unpaired) electrons. The van der Waals surface area contributed by atoms with Crippen molar-refractivity contribution < 1.29 is 28.0 Å². The van der Waals surface area contributed by atoms with Crippen LogP contribution >= 0.6 is 7.82 Å². The number of nitrogen functional groups attached to an aromatic ring is 1. The van der Waals surface area contributed by atoms with Crippen LogP contribution in [0.2, 0.25) is 0 Å². The van der Waals surface area contributed by atoms with Gasteiger partial charge in [-0.3, -0.25) is 23.4 Å². The van der Waals surface area contributed by atoms with E-state index in [1.54, 1.807) is 4.57 Å². The van der Waals surface area contributed by atoms with Crippen LogP contribution in [0, 0.1) is 0 Å². The van der Waals surface area contributed by atoms with Gasteiger partial charge < -0.3 is 20.1 Å². The van der Waals surface area contributed by atoms with E-state index in [1.165, 1.54) is 13.4 Å². The molecule has 3 rings (SSSR count). The molecule has 3 heterocycles. The first kappa shape index (κ1) is 18.0. The predicted octanol–water partition coefficient (Wildman–Crippen LogP) is -0.232. The molecule has 0 aliphatic carbocycles. The van der Waals surface area contributed by atoms with E-state index in [0.717, 1.165) is 7.11 Å². The highest BCUT2D eigenvalue weighted by Crippen LogP contribution is 2.43. The number of phosphoric acid groups is 1. The van der Waals surface area contributed by atoms with Crippen molar-refractivity contribution in [1.29, 1.82) is 0 Å². The van der Waals surface area contributed by atoms with E-state index >= 15 is 0 Å². The Bertz CT molecular complexity index is 867. The van der Waals surface area contributed by atoms with E-state index in [1.807, 2.05) is 0 Å². The molecule has 1 fully saturated rings. The van der Waals surface area contributed by atoms with Crippen molar-refractivity contribution in [3.63, 3.8) is 0 Å². The first-order valence-electron chi connectivity index (χ1n) is 7.28. The molecule has 1 aliphatic heterocycles. The third-order valence-corrected chi connectivity index (χ3v) is 4.81. The topological polar surface area (TPSA) is 164 Å². The van der Waals surface area contributed by atoms with Crippen molar-refractivity contribution in [2.45, 2.75) is 24.9 Å². The molecule has 25 heavy (non-hydrogen) atoms. The van der Waals surface area contributed by atoms with Gasteiger partial charge in [0.05, 0.1) is 19.0 Å². The lowest BCUT2D eigenvalue weighted by Crippen LogP contribution is -2.27. The van der Waals surface area contributed by atoms with Crippen LogP contribution in [0.3, 0.4) is 0 Å². The molecule has 4 N–H and O–H groups in total. The summed E-state index contributed by atoms with van der Waals surface area (Å²) in [6.45, 7) is -0.209. The Morgan fingerprint density at radius 1 is 1.56 bits per heavy atom. The molecular weight excluding hydrogens is 357 g/mol. The summed E-state index contributed by atoms with van der Waals surface area (Å²) < 4.78 is 33.4. The van der Waals surface area contributed by atoms with Gasteiger partial charge in [0.2, 0.25) is 5.95 Å². The molecular formula is C12H18N5O7P. The number of aromatic nitrogens is 4. The number of rotatable bonds is 6. The molecule has 1 saturated heterocycles. The average molecular weight is 375 g/mol. The molecule has 0 bridgehead atoms. The van der Waals surface area contributed by atoms with Crippen molar-refractivity contribution in [1.82, 2.24) is 19.5 Å². The number of aromatic amines is 1. The van der Waals surface area contributed by atoms with Gasteiger partial charge in [0.15, 0.2) is 11.2 Å². The highest BCUT2D eigenvalue weighted by Gasteiger charge is 2.39. The first-order chi connectivity index (χ1) is 11.8. The van der Waals surface area contributed by atoms with Crippen LogP contribution < -0.4 is 11.3 Å². The van der Waals surface area contributed by atoms with Gasteiger partial charge in [-0.2, -0.15) is 4.98 Å². The summed E-state index contributed by atoms with van der Waals surface area (Å²) >= 11 is 0. The lowest BCUT2D eigenvalue weighted by Gasteiger charge is -2.18. The molecule has 0 aromatic carbocycles. The maximum absolute atomic E-state index is 11.8. The molecule has 138 valence electrons. The van der Waals surface area contributed by atoms with E-state index < -0.39 is 31.8 Å². The van der Waals surface area contributed by atoms with E-state index in [9.17, 15) is 14.3 Å². The van der Waals surface area contributed by atoms with Crippen LogP contribution in [0.4, 0.5) is 5.95 Å². The largest absolute Gasteiger partial charge is 0.472 e. The van der Waals surface area contributed by atoms with Crippen molar-refractivity contribution >= 4 is 24.9 Å². The number of nitrogens with zero attached hydrogens (tertiary/aromatic N) is 3. The van der Waals surface area contributed by atoms with Gasteiger partial charge in [0.25, 0.3) is 5.56 Å². The minimum absolute atomic E-state index is 0.0401. The lowest BCUT2D eigenvalue weighted by molar-refractivity contribution is -0.0510. The van der Waals surface area contributed by atoms with Crippen LogP contribution in [-0.2, 0) is 23.1 Å². The number of methoxy groups -OCH3 is 1. The van der Waals surface area contributed by atoms with Crippen LogP contribution in [-0.4, -0.2) is 57.4 Å². The molecule has 4 atom stereocenters. The third kappa shape index (κ3) is 3.59. The maximum atomic E-state index is 11.8. The fourth-order valence-corrected chi connectivity index (χ4v) is 3.08. The zero-order valence-electron chi connectivity index (χ0n) is 13.5. The summed E-state index contributed by atoms with van der Waals surface area (Å²) in [5, 5.41) is 0. The number of nitrogens with two attached hydrogens (primary N) is 1. The Balaban J connectivity index is 1.83. The number of nitrogens with one attached hydrogen (secondary N) is 1. The van der Waals surface area contributed by atoms with Gasteiger partial charge in [-0.05, 0) is 0 Å². The summed E-state index contributed by atoms with van der Waals surface area (Å²) in [5.74, 6) is -0.0401. The molecule has 1 aliphatic rings. The van der Waals surface area contributed by atoms with Gasteiger partial charge in [0, 0.05) is 20.6 Å². The highest BCUT2D eigenvalue weighted by atomic mass is 31.2. The van der Waals surface area contributed by atoms with Crippen molar-refractivity contribution in [2.75, 3.05) is 26.6 Å². The highest BCUT2D eigenvalue weighted by molar-refractivity contribution is 7.47. The van der Waals surface area contributed by atoms with Crippen molar-refractivity contribution in [2.24, 2.45) is 0 Å². The van der Waals surface area contributed by atoms with Gasteiger partial charge in [-0.1, -0.05) is 0 Å². The van der Waals surface area contributed by atoms with E-state index in [0.29, 0.717) is 6.42 Å². The van der Waals surface area contributed by atoms with Crippen LogP contribution in [0.1, 0.15) is 12.6 Å². The van der Waals surface area contributed by atoms with Gasteiger partial charge >= 0.3 is 7.82 Å². The Morgan fingerprint density at radius 3 is 3.00 bits per heavy atom. The summed E-state index contributed by atoms with van der Waals surface area (Å²) in [5.41, 5.74) is 5.52. The maximum Gasteiger partial charge on any atom is 0.472 e. The standard InChI is InChI=1S/C12H18N5O7P/c1-21-6-3-8(24-7(6)4-23-25(19,20)22-2)17-5-14-9-10(17)15-12(13)16-11(9)18/h5-8H,3-4H2,1-2H3,(H,19,20)(H3,13,15,16,18)/t6-,7-,8-/m1/s1. The number of phosphoric ester groups is 1. The van der Waals surface area contributed by atoms with Gasteiger partial charge in [-0.25, -0.2) is 9.55 Å². The summed E-state index contributed by atoms with van der Waals surface area (Å²) in [6, 6.07) is 0. The SMILES string of the molecule is CO[C@@H]1C[C@H](n2cnc3c(=O)[nH]c(N)nc32)O[C@@H]1COP(=O)(O)OC. The average Bonchev–Trinajstić information content (AvgIpc) is 3.16. The second-order valence-electron chi connectivity index (χ2n) is 5.36. The normalized spacial score (nSPS) is 26.1. The number of H-pyrrole nitrogens is 1. The summed E-state index contributed by atoms with van der Waals surface area (Å²) in [6.07, 6.45) is 0.227. The molecule has 2 aromatic heterocycles. The zero-order valence-corrected chi connectivity index (χ0v) is 14.4. The zero-order chi connectivity index (χ0) is 18.2. The Labute approximate surface area is 141 Å². The van der Waals surface area contributed by atoms with Gasteiger partial charge in [0.1, 0.15) is 12.3 Å². The molecule has 0 spiro atoms. The molecule has 0 saturated carbocycles. The third-order valence-electron chi connectivity index (χ3n) is 3.88. The van der Waals surface area contributed by atoms with E-state index in [4.69, 9.17) is 19.7 Å². The molecule has 2 aromatic rings. The molecule has 13 heteroatoms. The lowest BCUT2D eigenvalue weighted by atomic mass is 10.2. The van der Waals surface area contributed by atoms with Crippen LogP contribution in [0.15, 0.2) is 11.1 Å².